The molecule has 1 aromatic heterocycles. The number of alkyl carbamates (subject to hydrolysis) is 1. The Kier molecular flexibility index (Phi) is 13.8. The van der Waals surface area contributed by atoms with Crippen molar-refractivity contribution in [2.45, 2.75) is 63.6 Å². The van der Waals surface area contributed by atoms with Crippen molar-refractivity contribution in [3.8, 4) is 11.1 Å². The second kappa shape index (κ2) is 18.8. The molecule has 0 saturated heterocycles. The summed E-state index contributed by atoms with van der Waals surface area (Å²) in [6.07, 6.45) is 4.27. The second-order valence-corrected chi connectivity index (χ2v) is 12.9. The predicted molar refractivity (Wildman–Crippen MR) is 198 cm³/mol. The van der Waals surface area contributed by atoms with Crippen LogP contribution in [0.1, 0.15) is 72.3 Å². The topological polar surface area (TPSA) is 165 Å². The van der Waals surface area contributed by atoms with Crippen molar-refractivity contribution in [2.75, 3.05) is 18.9 Å². The van der Waals surface area contributed by atoms with Gasteiger partial charge in [-0.25, -0.2) is 19.0 Å². The number of fused-ring (bicyclic) bond motifs is 5. The molecular weight excluding hydrogens is 702 g/mol. The first-order chi connectivity index (χ1) is 25.7. The van der Waals surface area contributed by atoms with Crippen LogP contribution >= 0.6 is 12.6 Å². The fraction of sp³-hybridized carbons (Fsp3) is 0.333. The summed E-state index contributed by atoms with van der Waals surface area (Å²) < 4.78 is 25.7. The molecule has 2 aromatic carbocycles. The number of allylic oxidation sites excluding steroid dienone is 2. The number of hydrogen-bond donors (Lipinski definition) is 5. The van der Waals surface area contributed by atoms with Crippen LogP contribution in [0.25, 0.3) is 11.1 Å². The summed E-state index contributed by atoms with van der Waals surface area (Å²) in [6.45, 7) is 1.72. The Morgan fingerprint density at radius 1 is 1.04 bits per heavy atom. The third kappa shape index (κ3) is 10.5. The lowest BCUT2D eigenvalue weighted by Gasteiger charge is -2.22. The van der Waals surface area contributed by atoms with Gasteiger partial charge in [-0.1, -0.05) is 60.7 Å². The van der Waals surface area contributed by atoms with Gasteiger partial charge in [-0.3, -0.25) is 14.4 Å². The van der Waals surface area contributed by atoms with Crippen LogP contribution in [0.2, 0.25) is 0 Å². The standard InChI is InChI=1S/C39H42FN5O7S/c1-2-32-36(47)45-33(16-7-9-17-41-39(50)51-23-31-29-14-5-3-12-27(29)28-13-4-6-15-30(28)31)38(49)52-26(11-8-10-18-53)21-35(46)42-22-25-19-24(40)20-34(43-25)37(48)44-32/h2-6,8,11-15,19-20,26,31,33,53H,7,9-10,16-18,21-23H2,1H3,(H,41,50)(H,42,46)(H,44,48)(H,45,47)/b11-8+,32-2-/t26-,33+/m1/s1. The van der Waals surface area contributed by atoms with E-state index in [0.29, 0.717) is 25.0 Å². The summed E-state index contributed by atoms with van der Waals surface area (Å²) in [6, 6.07) is 16.9. The molecule has 1 aliphatic carbocycles. The maximum absolute atomic E-state index is 14.4. The Morgan fingerprint density at radius 3 is 2.45 bits per heavy atom. The molecule has 2 heterocycles. The van der Waals surface area contributed by atoms with Crippen molar-refractivity contribution < 1.29 is 37.8 Å². The smallest absolute Gasteiger partial charge is 0.407 e. The Bertz CT molecular complexity index is 1860. The van der Waals surface area contributed by atoms with E-state index in [1.165, 1.54) is 13.0 Å². The van der Waals surface area contributed by atoms with Gasteiger partial charge in [0.15, 0.2) is 0 Å². The lowest BCUT2D eigenvalue weighted by molar-refractivity contribution is -0.152. The van der Waals surface area contributed by atoms with Crippen LogP contribution in [0.4, 0.5) is 9.18 Å². The first-order valence-corrected chi connectivity index (χ1v) is 18.1. The van der Waals surface area contributed by atoms with Gasteiger partial charge in [-0.05, 0) is 72.8 Å². The molecule has 3 aromatic rings. The molecule has 0 fully saturated rings. The number of unbranched alkanes of at least 4 members (excludes halogenated alkanes) is 1. The SMILES string of the molecule is C/C=C1\NC(=O)c2cc(F)cc(n2)CNC(=O)C[C@@H](/C=C/CCS)OC(=O)[C@H](CCCCNC(=O)OCC2c3ccccc3-c3ccccc32)NC1=O. The van der Waals surface area contributed by atoms with Gasteiger partial charge in [-0.2, -0.15) is 12.6 Å². The number of thiol groups is 1. The molecule has 2 atom stereocenters. The summed E-state index contributed by atoms with van der Waals surface area (Å²) >= 11 is 4.19. The van der Waals surface area contributed by atoms with Crippen molar-refractivity contribution in [3.05, 3.63) is 113 Å². The Morgan fingerprint density at radius 2 is 1.75 bits per heavy atom. The molecule has 0 saturated carbocycles. The molecular formula is C39H42FN5O7S. The van der Waals surface area contributed by atoms with Gasteiger partial charge in [0, 0.05) is 18.5 Å². The zero-order valence-corrected chi connectivity index (χ0v) is 30.1. The minimum Gasteiger partial charge on any atom is -0.456 e. The largest absolute Gasteiger partial charge is 0.456 e. The normalized spacial score (nSPS) is 18.8. The van der Waals surface area contributed by atoms with Crippen molar-refractivity contribution in [2.24, 2.45) is 0 Å². The number of ether oxygens (including phenoxy) is 2. The molecule has 5 rings (SSSR count). The van der Waals surface area contributed by atoms with Crippen LogP contribution in [0, 0.1) is 5.82 Å². The average Bonchev–Trinajstić information content (AvgIpc) is 3.47. The minimum atomic E-state index is -1.18. The van der Waals surface area contributed by atoms with Crippen LogP contribution in [-0.2, 0) is 30.4 Å². The Hall–Kier alpha value is -5.50. The number of carbonyl (C=O) groups is 5. The number of halogens is 1. The van der Waals surface area contributed by atoms with E-state index in [1.54, 1.807) is 12.2 Å². The van der Waals surface area contributed by atoms with Crippen LogP contribution in [-0.4, -0.2) is 65.8 Å². The molecule has 1 aliphatic heterocycles. The Balaban J connectivity index is 1.21. The molecule has 4 N–H and O–H groups in total. The van der Waals surface area contributed by atoms with Gasteiger partial charge >= 0.3 is 12.1 Å². The predicted octanol–water partition coefficient (Wildman–Crippen LogP) is 4.86. The number of carbonyl (C=O) groups excluding carboxylic acids is 5. The third-order valence-electron chi connectivity index (χ3n) is 8.75. The zero-order valence-electron chi connectivity index (χ0n) is 29.2. The second-order valence-electron chi connectivity index (χ2n) is 12.5. The number of esters is 1. The van der Waals surface area contributed by atoms with Gasteiger partial charge in [0.1, 0.15) is 36.0 Å². The summed E-state index contributed by atoms with van der Waals surface area (Å²) in [7, 11) is 0. The van der Waals surface area contributed by atoms with Gasteiger partial charge in [-0.15, -0.1) is 0 Å². The van der Waals surface area contributed by atoms with E-state index >= 15 is 0 Å². The monoisotopic (exact) mass is 743 g/mol. The number of aromatic nitrogens is 1. The fourth-order valence-corrected chi connectivity index (χ4v) is 6.30. The molecule has 12 nitrogen and oxygen atoms in total. The van der Waals surface area contributed by atoms with Crippen LogP contribution in [0.15, 0.2) is 84.6 Å². The summed E-state index contributed by atoms with van der Waals surface area (Å²) in [5.41, 5.74) is 4.04. The van der Waals surface area contributed by atoms with Gasteiger partial charge in [0.05, 0.1) is 18.7 Å². The highest BCUT2D eigenvalue weighted by Crippen LogP contribution is 2.44. The molecule has 2 bridgehead atoms. The van der Waals surface area contributed by atoms with Crippen molar-refractivity contribution in [1.29, 1.82) is 0 Å². The number of pyridine rings is 1. The van der Waals surface area contributed by atoms with E-state index in [-0.39, 0.29) is 55.5 Å². The van der Waals surface area contributed by atoms with E-state index in [1.807, 2.05) is 36.4 Å². The Labute approximate surface area is 312 Å². The highest BCUT2D eigenvalue weighted by Gasteiger charge is 2.30. The van der Waals surface area contributed by atoms with Crippen LogP contribution < -0.4 is 21.3 Å². The minimum absolute atomic E-state index is 0.0782. The summed E-state index contributed by atoms with van der Waals surface area (Å²) in [5, 5.41) is 10.4. The number of benzene rings is 2. The number of rotatable bonds is 10. The molecule has 278 valence electrons. The van der Waals surface area contributed by atoms with Crippen molar-refractivity contribution in [3.63, 3.8) is 0 Å². The highest BCUT2D eigenvalue weighted by atomic mass is 32.1. The lowest BCUT2D eigenvalue weighted by Crippen LogP contribution is -2.46. The average molecular weight is 744 g/mol. The van der Waals surface area contributed by atoms with E-state index in [2.05, 4.69) is 51.0 Å². The third-order valence-corrected chi connectivity index (χ3v) is 9.01. The quantitative estimate of drug-likeness (QED) is 0.0647. The van der Waals surface area contributed by atoms with Crippen LogP contribution in [0.3, 0.4) is 0 Å². The molecule has 2 aliphatic rings. The highest BCUT2D eigenvalue weighted by molar-refractivity contribution is 7.80. The summed E-state index contributed by atoms with van der Waals surface area (Å²) in [5.74, 6) is -3.27. The van der Waals surface area contributed by atoms with E-state index < -0.39 is 47.7 Å². The molecule has 53 heavy (non-hydrogen) atoms. The molecule has 0 radical (unpaired) electrons. The molecule has 4 amide bonds. The number of cyclic esters (lactones) is 1. The first-order valence-electron chi connectivity index (χ1n) is 17.4. The molecule has 0 unspecified atom stereocenters. The lowest BCUT2D eigenvalue weighted by atomic mass is 9.98. The number of amides is 4. The number of nitrogens with zero attached hydrogens (tertiary/aromatic N) is 1. The summed E-state index contributed by atoms with van der Waals surface area (Å²) in [4.78, 5) is 69.4. The van der Waals surface area contributed by atoms with Crippen molar-refractivity contribution in [1.82, 2.24) is 26.3 Å². The first kappa shape index (κ1) is 38.7. The van der Waals surface area contributed by atoms with E-state index in [9.17, 15) is 28.4 Å². The molecule has 0 spiro atoms. The van der Waals surface area contributed by atoms with Crippen molar-refractivity contribution >= 4 is 42.4 Å². The van der Waals surface area contributed by atoms with E-state index in [0.717, 1.165) is 34.4 Å². The fourth-order valence-electron chi connectivity index (χ4n) is 6.15. The molecule has 14 heteroatoms. The van der Waals surface area contributed by atoms with Gasteiger partial charge < -0.3 is 30.7 Å². The van der Waals surface area contributed by atoms with Gasteiger partial charge in [0.25, 0.3) is 11.8 Å². The number of nitrogens with one attached hydrogen (secondary N) is 4. The maximum atomic E-state index is 14.4. The number of hydrogen-bond acceptors (Lipinski definition) is 9. The maximum Gasteiger partial charge on any atom is 0.407 e. The van der Waals surface area contributed by atoms with E-state index in [4.69, 9.17) is 9.47 Å². The van der Waals surface area contributed by atoms with Gasteiger partial charge in [0.2, 0.25) is 5.91 Å². The van der Waals surface area contributed by atoms with Crippen LogP contribution in [0.5, 0.6) is 0 Å². The zero-order chi connectivity index (χ0) is 37.7.